The van der Waals surface area contributed by atoms with Crippen molar-refractivity contribution in [1.82, 2.24) is 0 Å². The summed E-state index contributed by atoms with van der Waals surface area (Å²) >= 11 is 0. The number of aliphatic hydroxyl groups is 1. The molecule has 1 unspecified atom stereocenters. The number of nitrogens with zero attached hydrogens (tertiary/aromatic N) is 1. The molecule has 4 nitrogen and oxygen atoms in total. The van der Waals surface area contributed by atoms with Gasteiger partial charge in [-0.2, -0.15) is 0 Å². The molecule has 0 spiro atoms. The maximum atomic E-state index is 10.8. The zero-order valence-electron chi connectivity index (χ0n) is 16.1. The standard InChI is InChI=1S/C20H39NO3/c1-4-7-10-11-13-19(22)18-21(15-8-5-2,16-9-6-3)17-12-14-20(23)24/h4,7,19,22H,5-6,8-18H2,1-3H3/b7-4+. The van der Waals surface area contributed by atoms with Crippen LogP contribution in [0.1, 0.15) is 78.6 Å². The summed E-state index contributed by atoms with van der Waals surface area (Å²) < 4.78 is 0.861. The summed E-state index contributed by atoms with van der Waals surface area (Å²) in [7, 11) is 0. The first-order chi connectivity index (χ1) is 11.5. The molecule has 0 aromatic rings. The summed E-state index contributed by atoms with van der Waals surface area (Å²) in [4.78, 5) is 10.8. The van der Waals surface area contributed by atoms with Crippen molar-refractivity contribution in [3.05, 3.63) is 12.2 Å². The number of aliphatic hydroxyl groups excluding tert-OH is 1. The third-order valence-electron chi connectivity index (χ3n) is 4.73. The number of quaternary nitrogens is 1. The van der Waals surface area contributed by atoms with Gasteiger partial charge in [0, 0.05) is 12.4 Å². The van der Waals surface area contributed by atoms with Gasteiger partial charge in [0.15, 0.2) is 0 Å². The Morgan fingerprint density at radius 1 is 1.08 bits per heavy atom. The van der Waals surface area contributed by atoms with Crippen molar-refractivity contribution in [1.29, 1.82) is 0 Å². The number of aliphatic carboxylic acids is 1. The number of carboxylic acid groups (broad SMARTS) is 1. The van der Waals surface area contributed by atoms with E-state index < -0.39 is 5.97 Å². The van der Waals surface area contributed by atoms with Crippen LogP contribution < -0.4 is 5.11 Å². The molecule has 0 aliphatic heterocycles. The number of carboxylic acids is 1. The first kappa shape index (κ1) is 23.1. The molecular formula is C20H39NO3. The first-order valence-corrected chi connectivity index (χ1v) is 9.83. The Morgan fingerprint density at radius 3 is 2.17 bits per heavy atom. The zero-order chi connectivity index (χ0) is 18.3. The van der Waals surface area contributed by atoms with Crippen molar-refractivity contribution >= 4 is 5.97 Å². The highest BCUT2D eigenvalue weighted by molar-refractivity contribution is 5.64. The molecule has 0 aromatic heterocycles. The number of unbranched alkanes of at least 4 members (excludes halogenated alkanes) is 3. The van der Waals surface area contributed by atoms with E-state index in [4.69, 9.17) is 0 Å². The highest BCUT2D eigenvalue weighted by atomic mass is 16.4. The van der Waals surface area contributed by atoms with Gasteiger partial charge in [0.25, 0.3) is 0 Å². The summed E-state index contributed by atoms with van der Waals surface area (Å²) in [6.45, 7) is 10.0. The van der Waals surface area contributed by atoms with Gasteiger partial charge in [-0.15, -0.1) is 0 Å². The van der Waals surface area contributed by atoms with Crippen LogP contribution in [0.25, 0.3) is 0 Å². The Morgan fingerprint density at radius 2 is 1.67 bits per heavy atom. The van der Waals surface area contributed by atoms with E-state index in [-0.39, 0.29) is 12.5 Å². The van der Waals surface area contributed by atoms with Crippen molar-refractivity contribution in [3.8, 4) is 0 Å². The summed E-state index contributed by atoms with van der Waals surface area (Å²) in [5.74, 6) is -0.967. The van der Waals surface area contributed by atoms with Crippen molar-refractivity contribution in [2.24, 2.45) is 0 Å². The maximum absolute atomic E-state index is 10.8. The minimum Gasteiger partial charge on any atom is -0.550 e. The number of hydrogen-bond donors (Lipinski definition) is 1. The third-order valence-corrected chi connectivity index (χ3v) is 4.73. The lowest BCUT2D eigenvalue weighted by Crippen LogP contribution is -2.54. The molecule has 0 amide bonds. The number of carbonyl (C=O) groups is 1. The maximum Gasteiger partial charge on any atom is 0.105 e. The molecule has 0 saturated heterocycles. The molecule has 0 heterocycles. The fourth-order valence-electron chi connectivity index (χ4n) is 3.33. The number of hydrogen-bond acceptors (Lipinski definition) is 3. The quantitative estimate of drug-likeness (QED) is 0.267. The molecule has 0 aliphatic carbocycles. The zero-order valence-corrected chi connectivity index (χ0v) is 16.1. The third kappa shape index (κ3) is 11.6. The summed E-state index contributed by atoms with van der Waals surface area (Å²) in [5.41, 5.74) is 0. The van der Waals surface area contributed by atoms with Gasteiger partial charge >= 0.3 is 0 Å². The fourth-order valence-corrected chi connectivity index (χ4v) is 3.33. The second-order valence-corrected chi connectivity index (χ2v) is 7.03. The number of carbonyl (C=O) groups excluding carboxylic acids is 1. The molecule has 0 rings (SSSR count). The smallest absolute Gasteiger partial charge is 0.105 e. The largest absolute Gasteiger partial charge is 0.550 e. The van der Waals surface area contributed by atoms with E-state index in [0.29, 0.717) is 6.42 Å². The van der Waals surface area contributed by atoms with E-state index in [0.717, 1.165) is 75.6 Å². The van der Waals surface area contributed by atoms with Crippen molar-refractivity contribution < 1.29 is 19.5 Å². The van der Waals surface area contributed by atoms with Gasteiger partial charge in [-0.05, 0) is 45.4 Å². The summed E-state index contributed by atoms with van der Waals surface area (Å²) in [6, 6.07) is 0. The molecule has 1 atom stereocenters. The van der Waals surface area contributed by atoms with Crippen LogP contribution >= 0.6 is 0 Å². The van der Waals surface area contributed by atoms with E-state index in [1.54, 1.807) is 0 Å². The lowest BCUT2D eigenvalue weighted by Gasteiger charge is -2.40. The number of allylic oxidation sites excluding steroid dienone is 2. The minimum absolute atomic E-state index is 0.121. The molecule has 0 bridgehead atoms. The predicted octanol–water partition coefficient (Wildman–Crippen LogP) is 3.04. The highest BCUT2D eigenvalue weighted by Crippen LogP contribution is 2.18. The van der Waals surface area contributed by atoms with Gasteiger partial charge in [-0.25, -0.2) is 0 Å². The van der Waals surface area contributed by atoms with Crippen molar-refractivity contribution in [2.75, 3.05) is 26.2 Å². The molecular weight excluding hydrogens is 302 g/mol. The molecule has 0 saturated carbocycles. The van der Waals surface area contributed by atoms with Gasteiger partial charge in [-0.1, -0.05) is 38.8 Å². The monoisotopic (exact) mass is 341 g/mol. The Balaban J connectivity index is 4.76. The molecule has 0 radical (unpaired) electrons. The molecule has 0 aliphatic rings. The van der Waals surface area contributed by atoms with Gasteiger partial charge in [0.1, 0.15) is 12.6 Å². The van der Waals surface area contributed by atoms with E-state index in [2.05, 4.69) is 26.0 Å². The van der Waals surface area contributed by atoms with Crippen LogP contribution in [0.3, 0.4) is 0 Å². The van der Waals surface area contributed by atoms with Crippen LogP contribution in [0.15, 0.2) is 12.2 Å². The van der Waals surface area contributed by atoms with E-state index in [9.17, 15) is 15.0 Å². The Kier molecular flexibility index (Phi) is 13.9. The topological polar surface area (TPSA) is 60.4 Å². The van der Waals surface area contributed by atoms with Gasteiger partial charge in [0.2, 0.25) is 0 Å². The van der Waals surface area contributed by atoms with Gasteiger partial charge in [-0.3, -0.25) is 0 Å². The first-order valence-electron chi connectivity index (χ1n) is 9.83. The van der Waals surface area contributed by atoms with Crippen LogP contribution in [-0.2, 0) is 4.79 Å². The summed E-state index contributed by atoms with van der Waals surface area (Å²) in [6.07, 6.45) is 12.0. The molecule has 1 N–H and O–H groups in total. The Bertz CT molecular complexity index is 334. The molecule has 24 heavy (non-hydrogen) atoms. The Hall–Kier alpha value is -0.870. The molecule has 0 fully saturated rings. The normalized spacial score (nSPS) is 13.5. The molecule has 142 valence electrons. The van der Waals surface area contributed by atoms with Crippen LogP contribution in [0.5, 0.6) is 0 Å². The van der Waals surface area contributed by atoms with Crippen LogP contribution in [0.2, 0.25) is 0 Å². The van der Waals surface area contributed by atoms with Crippen LogP contribution in [-0.4, -0.2) is 47.8 Å². The van der Waals surface area contributed by atoms with E-state index in [1.807, 2.05) is 6.92 Å². The van der Waals surface area contributed by atoms with E-state index in [1.165, 1.54) is 0 Å². The average Bonchev–Trinajstić information content (AvgIpc) is 2.54. The second-order valence-electron chi connectivity index (χ2n) is 7.03. The highest BCUT2D eigenvalue weighted by Gasteiger charge is 2.29. The lowest BCUT2D eigenvalue weighted by atomic mass is 10.1. The average molecular weight is 342 g/mol. The van der Waals surface area contributed by atoms with Gasteiger partial charge in [0.05, 0.1) is 19.6 Å². The molecule has 0 aromatic carbocycles. The number of rotatable bonds is 16. The van der Waals surface area contributed by atoms with Gasteiger partial charge < -0.3 is 19.5 Å². The van der Waals surface area contributed by atoms with Crippen LogP contribution in [0.4, 0.5) is 0 Å². The fraction of sp³-hybridized carbons (Fsp3) is 0.850. The van der Waals surface area contributed by atoms with Crippen molar-refractivity contribution in [2.45, 2.75) is 84.7 Å². The SMILES string of the molecule is C/C=C/CCCC(O)C[N+](CCCC)(CCCC)CCCC(=O)[O-]. The van der Waals surface area contributed by atoms with Crippen molar-refractivity contribution in [3.63, 3.8) is 0 Å². The lowest BCUT2D eigenvalue weighted by molar-refractivity contribution is -0.931. The Labute approximate surface area is 149 Å². The van der Waals surface area contributed by atoms with Crippen LogP contribution in [0, 0.1) is 0 Å². The molecule has 4 heteroatoms. The minimum atomic E-state index is -0.967. The summed E-state index contributed by atoms with van der Waals surface area (Å²) in [5, 5.41) is 21.3. The van der Waals surface area contributed by atoms with E-state index >= 15 is 0 Å². The second kappa shape index (κ2) is 14.5. The predicted molar refractivity (Wildman–Crippen MR) is 98.5 cm³/mol.